The number of amides is 3. The van der Waals surface area contributed by atoms with Crippen LogP contribution < -0.4 is 15.4 Å². The zero-order valence-corrected chi connectivity index (χ0v) is 25.6. The lowest BCUT2D eigenvalue weighted by atomic mass is 9.92. The molecular weight excluding hydrogens is 550 g/mol. The molecule has 5 rings (SSSR count). The Labute approximate surface area is 261 Å². The molecular formula is C37H45N3O4. The second kappa shape index (κ2) is 16.1. The first kappa shape index (κ1) is 31.3. The third-order valence-corrected chi connectivity index (χ3v) is 8.85. The highest BCUT2D eigenvalue weighted by molar-refractivity contribution is 5.88. The molecule has 0 aromatic heterocycles. The first-order valence-electron chi connectivity index (χ1n) is 16.2. The number of ether oxygens (including phenoxy) is 1. The van der Waals surface area contributed by atoms with Crippen LogP contribution in [0, 0.1) is 5.92 Å². The molecule has 3 aromatic carbocycles. The van der Waals surface area contributed by atoms with Gasteiger partial charge in [-0.1, -0.05) is 92.1 Å². The van der Waals surface area contributed by atoms with Crippen LogP contribution in [-0.2, 0) is 33.8 Å². The SMILES string of the molecule is O=C(CC1CCN(C(=O)Cc2ccccc2)CC1)N[C@@H](Cc1ccc(OCc2ccccc2)cc1)C(=O)NC1CCCCC1. The van der Waals surface area contributed by atoms with Crippen molar-refractivity contribution in [3.8, 4) is 5.75 Å². The van der Waals surface area contributed by atoms with Gasteiger partial charge in [-0.3, -0.25) is 14.4 Å². The van der Waals surface area contributed by atoms with E-state index in [0.717, 1.165) is 61.0 Å². The van der Waals surface area contributed by atoms with Crippen molar-refractivity contribution >= 4 is 17.7 Å². The van der Waals surface area contributed by atoms with Crippen LogP contribution in [0.4, 0.5) is 0 Å². The maximum atomic E-state index is 13.4. The van der Waals surface area contributed by atoms with Gasteiger partial charge in [-0.25, -0.2) is 0 Å². The topological polar surface area (TPSA) is 87.7 Å². The number of piperidine rings is 1. The van der Waals surface area contributed by atoms with Gasteiger partial charge in [0.1, 0.15) is 18.4 Å². The molecule has 1 saturated heterocycles. The summed E-state index contributed by atoms with van der Waals surface area (Å²) in [5, 5.41) is 6.28. The first-order chi connectivity index (χ1) is 21.5. The molecule has 2 N–H and O–H groups in total. The van der Waals surface area contributed by atoms with Crippen LogP contribution in [0.1, 0.15) is 68.1 Å². The molecule has 2 aliphatic rings. The summed E-state index contributed by atoms with van der Waals surface area (Å²) >= 11 is 0. The molecule has 0 radical (unpaired) electrons. The van der Waals surface area contributed by atoms with E-state index in [2.05, 4.69) is 10.6 Å². The summed E-state index contributed by atoms with van der Waals surface area (Å²) in [5.41, 5.74) is 3.08. The largest absolute Gasteiger partial charge is 0.489 e. The van der Waals surface area contributed by atoms with Gasteiger partial charge in [0.25, 0.3) is 0 Å². The second-order valence-electron chi connectivity index (χ2n) is 12.3. The molecule has 1 saturated carbocycles. The van der Waals surface area contributed by atoms with Crippen molar-refractivity contribution in [1.29, 1.82) is 0 Å². The lowest BCUT2D eigenvalue weighted by molar-refractivity contribution is -0.132. The standard InChI is InChI=1S/C37H45N3O4/c41-35(25-30-20-22-40(23-21-30)36(42)26-28-10-4-1-5-11-28)39-34(37(43)38-32-14-8-3-9-15-32)24-29-16-18-33(19-17-29)44-27-31-12-6-2-7-13-31/h1-2,4-7,10-13,16-19,30,32,34H,3,8-9,14-15,20-27H2,(H,38,43)(H,39,41)/t34-/m0/s1. The Morgan fingerprint density at radius 2 is 1.39 bits per heavy atom. The van der Waals surface area contributed by atoms with Crippen LogP contribution in [0.3, 0.4) is 0 Å². The van der Waals surface area contributed by atoms with E-state index in [-0.39, 0.29) is 29.7 Å². The third kappa shape index (κ3) is 9.69. The van der Waals surface area contributed by atoms with Crippen LogP contribution in [-0.4, -0.2) is 47.8 Å². The number of carbonyl (C=O) groups excluding carboxylic acids is 3. The molecule has 7 heteroatoms. The third-order valence-electron chi connectivity index (χ3n) is 8.85. The van der Waals surface area contributed by atoms with Crippen LogP contribution in [0.25, 0.3) is 0 Å². The number of likely N-dealkylation sites (tertiary alicyclic amines) is 1. The molecule has 44 heavy (non-hydrogen) atoms. The Kier molecular flexibility index (Phi) is 11.4. The molecule has 0 spiro atoms. The van der Waals surface area contributed by atoms with E-state index < -0.39 is 6.04 Å². The molecule has 1 atom stereocenters. The summed E-state index contributed by atoms with van der Waals surface area (Å²) in [6, 6.07) is 27.1. The first-order valence-corrected chi connectivity index (χ1v) is 16.2. The second-order valence-corrected chi connectivity index (χ2v) is 12.3. The molecule has 1 aliphatic heterocycles. The fourth-order valence-electron chi connectivity index (χ4n) is 6.24. The highest BCUT2D eigenvalue weighted by atomic mass is 16.5. The Hall–Kier alpha value is -4.13. The summed E-state index contributed by atoms with van der Waals surface area (Å²) in [6.07, 6.45) is 8.19. The Morgan fingerprint density at radius 1 is 0.750 bits per heavy atom. The smallest absolute Gasteiger partial charge is 0.243 e. The predicted molar refractivity (Wildman–Crippen MR) is 172 cm³/mol. The Bertz CT molecular complexity index is 1330. The van der Waals surface area contributed by atoms with E-state index >= 15 is 0 Å². The number of carbonyl (C=O) groups is 3. The average molecular weight is 596 g/mol. The van der Waals surface area contributed by atoms with Crippen molar-refractivity contribution in [2.24, 2.45) is 5.92 Å². The van der Waals surface area contributed by atoms with E-state index in [1.165, 1.54) is 6.42 Å². The summed E-state index contributed by atoms with van der Waals surface area (Å²) in [4.78, 5) is 41.4. The number of hydrogen-bond donors (Lipinski definition) is 2. The fourth-order valence-corrected chi connectivity index (χ4v) is 6.24. The molecule has 3 aromatic rings. The van der Waals surface area contributed by atoms with E-state index in [1.54, 1.807) is 0 Å². The quantitative estimate of drug-likeness (QED) is 0.285. The number of nitrogens with one attached hydrogen (secondary N) is 2. The fraction of sp³-hybridized carbons (Fsp3) is 0.432. The van der Waals surface area contributed by atoms with Gasteiger partial charge >= 0.3 is 0 Å². The van der Waals surface area contributed by atoms with Crippen LogP contribution in [0.5, 0.6) is 5.75 Å². The average Bonchev–Trinajstić information content (AvgIpc) is 3.06. The molecule has 0 unspecified atom stereocenters. The molecule has 1 heterocycles. The van der Waals surface area contributed by atoms with Crippen molar-refractivity contribution in [1.82, 2.24) is 15.5 Å². The number of nitrogens with zero attached hydrogens (tertiary/aromatic N) is 1. The lowest BCUT2D eigenvalue weighted by Gasteiger charge is -2.32. The van der Waals surface area contributed by atoms with Crippen LogP contribution >= 0.6 is 0 Å². The molecule has 1 aliphatic carbocycles. The van der Waals surface area contributed by atoms with Crippen molar-refractivity contribution in [2.75, 3.05) is 13.1 Å². The van der Waals surface area contributed by atoms with E-state index in [4.69, 9.17) is 4.74 Å². The Morgan fingerprint density at radius 3 is 2.05 bits per heavy atom. The van der Waals surface area contributed by atoms with Gasteiger partial charge < -0.3 is 20.3 Å². The van der Waals surface area contributed by atoms with Gasteiger partial charge in [-0.05, 0) is 60.4 Å². The van der Waals surface area contributed by atoms with Crippen molar-refractivity contribution < 1.29 is 19.1 Å². The summed E-state index contributed by atoms with van der Waals surface area (Å²) < 4.78 is 5.93. The van der Waals surface area contributed by atoms with Crippen molar-refractivity contribution in [2.45, 2.75) is 82.9 Å². The zero-order valence-electron chi connectivity index (χ0n) is 25.6. The zero-order chi connectivity index (χ0) is 30.6. The minimum absolute atomic E-state index is 0.106. The maximum Gasteiger partial charge on any atom is 0.243 e. The van der Waals surface area contributed by atoms with Crippen LogP contribution in [0.15, 0.2) is 84.9 Å². The van der Waals surface area contributed by atoms with Gasteiger partial charge in [0.15, 0.2) is 0 Å². The van der Waals surface area contributed by atoms with Gasteiger partial charge in [0.05, 0.1) is 6.42 Å². The monoisotopic (exact) mass is 595 g/mol. The molecule has 7 nitrogen and oxygen atoms in total. The van der Waals surface area contributed by atoms with Gasteiger partial charge in [0, 0.05) is 32.0 Å². The lowest BCUT2D eigenvalue weighted by Crippen LogP contribution is -2.51. The minimum Gasteiger partial charge on any atom is -0.489 e. The van der Waals surface area contributed by atoms with Crippen LogP contribution in [0.2, 0.25) is 0 Å². The van der Waals surface area contributed by atoms with Gasteiger partial charge in [0.2, 0.25) is 17.7 Å². The Balaban J connectivity index is 1.13. The maximum absolute atomic E-state index is 13.4. The van der Waals surface area contributed by atoms with E-state index in [0.29, 0.717) is 39.0 Å². The molecule has 3 amide bonds. The highest BCUT2D eigenvalue weighted by Gasteiger charge is 2.28. The summed E-state index contributed by atoms with van der Waals surface area (Å²) in [7, 11) is 0. The van der Waals surface area contributed by atoms with Gasteiger partial charge in [-0.2, -0.15) is 0 Å². The summed E-state index contributed by atoms with van der Waals surface area (Å²) in [6.45, 7) is 1.81. The molecule has 2 fully saturated rings. The minimum atomic E-state index is -0.645. The van der Waals surface area contributed by atoms with E-state index in [1.807, 2.05) is 89.8 Å². The summed E-state index contributed by atoms with van der Waals surface area (Å²) in [5.74, 6) is 0.869. The normalized spacial score (nSPS) is 16.6. The highest BCUT2D eigenvalue weighted by Crippen LogP contribution is 2.22. The van der Waals surface area contributed by atoms with Crippen molar-refractivity contribution in [3.05, 3.63) is 102 Å². The molecule has 0 bridgehead atoms. The predicted octanol–water partition coefficient (Wildman–Crippen LogP) is 5.61. The molecule has 232 valence electrons. The van der Waals surface area contributed by atoms with Crippen molar-refractivity contribution in [3.63, 3.8) is 0 Å². The van der Waals surface area contributed by atoms with E-state index in [9.17, 15) is 14.4 Å². The number of hydrogen-bond acceptors (Lipinski definition) is 4. The van der Waals surface area contributed by atoms with Gasteiger partial charge in [-0.15, -0.1) is 0 Å². The number of rotatable bonds is 12. The number of benzene rings is 3.